The highest BCUT2D eigenvalue weighted by molar-refractivity contribution is 4.81. The topological polar surface area (TPSA) is 12.0 Å². The van der Waals surface area contributed by atoms with Crippen molar-refractivity contribution in [1.82, 2.24) is 5.32 Å². The summed E-state index contributed by atoms with van der Waals surface area (Å²) in [7, 11) is 0. The lowest BCUT2D eigenvalue weighted by molar-refractivity contribution is 0.352. The summed E-state index contributed by atoms with van der Waals surface area (Å²) in [5.74, 6) is 0.900. The Kier molecular flexibility index (Phi) is 1.47. The normalized spacial score (nSPS) is 28.9. The highest BCUT2D eigenvalue weighted by atomic mass is 15.1. The quantitative estimate of drug-likeness (QED) is 0.397. The van der Waals surface area contributed by atoms with Gasteiger partial charge >= 0.3 is 0 Å². The zero-order chi connectivity index (χ0) is 5.11. The summed E-state index contributed by atoms with van der Waals surface area (Å²) in [5, 5.41) is 3.20. The standard InChI is InChI=1S/C6H11N/c1-2-3-6-4-7-5-6/h2,6-7H,1,3-5H2/i4+1. The predicted molar refractivity (Wildman–Crippen MR) is 31.2 cm³/mol. The molecule has 0 radical (unpaired) electrons. The lowest BCUT2D eigenvalue weighted by Gasteiger charge is -2.25. The third kappa shape index (κ3) is 1.03. The van der Waals surface area contributed by atoms with E-state index >= 15 is 0 Å². The molecule has 1 heterocycles. The lowest BCUT2D eigenvalue weighted by Crippen LogP contribution is -2.41. The van der Waals surface area contributed by atoms with Crippen LogP contribution in [0.25, 0.3) is 0 Å². The van der Waals surface area contributed by atoms with Gasteiger partial charge in [0.1, 0.15) is 0 Å². The van der Waals surface area contributed by atoms with E-state index in [-0.39, 0.29) is 0 Å². The molecule has 1 fully saturated rings. The molecule has 1 nitrogen and oxygen atoms in total. The van der Waals surface area contributed by atoms with Crippen molar-refractivity contribution < 1.29 is 0 Å². The van der Waals surface area contributed by atoms with Crippen molar-refractivity contribution in [3.63, 3.8) is 0 Å². The van der Waals surface area contributed by atoms with Gasteiger partial charge in [-0.05, 0) is 25.4 Å². The predicted octanol–water partition coefficient (Wildman–Crippen LogP) is 0.782. The summed E-state index contributed by atoms with van der Waals surface area (Å²) in [6.45, 7) is 6.06. The third-order valence-electron chi connectivity index (χ3n) is 1.37. The zero-order valence-electron chi connectivity index (χ0n) is 4.48. The number of rotatable bonds is 2. The maximum Gasteiger partial charge on any atom is -0.000528 e. The van der Waals surface area contributed by atoms with E-state index in [1.165, 1.54) is 19.5 Å². The Morgan fingerprint density at radius 1 is 1.71 bits per heavy atom. The van der Waals surface area contributed by atoms with E-state index in [0.29, 0.717) is 0 Å². The number of allylic oxidation sites excluding steroid dienone is 1. The average Bonchev–Trinajstić information content (AvgIpc) is 1.55. The SMILES string of the molecule is C=CCC1CN[13CH2]1. The number of hydrogen-bond acceptors (Lipinski definition) is 1. The molecule has 1 saturated heterocycles. The molecule has 1 aliphatic rings. The van der Waals surface area contributed by atoms with Crippen molar-refractivity contribution in [3.05, 3.63) is 12.7 Å². The minimum absolute atomic E-state index is 0.900. The van der Waals surface area contributed by atoms with E-state index in [9.17, 15) is 0 Å². The Morgan fingerprint density at radius 2 is 2.43 bits per heavy atom. The van der Waals surface area contributed by atoms with E-state index in [1.807, 2.05) is 6.08 Å². The van der Waals surface area contributed by atoms with Crippen LogP contribution in [0.4, 0.5) is 0 Å². The minimum atomic E-state index is 0.900. The molecule has 40 valence electrons. The molecule has 0 aromatic heterocycles. The molecule has 0 aromatic carbocycles. The fourth-order valence-corrected chi connectivity index (χ4v) is 0.751. The van der Waals surface area contributed by atoms with E-state index in [0.717, 1.165) is 5.92 Å². The van der Waals surface area contributed by atoms with E-state index < -0.39 is 0 Å². The molecular formula is C6H11N. The Hall–Kier alpha value is -0.300. The monoisotopic (exact) mass is 98.1 g/mol. The number of nitrogens with one attached hydrogen (secondary N) is 1. The van der Waals surface area contributed by atoms with E-state index in [1.54, 1.807) is 0 Å². The smallest absolute Gasteiger partial charge is 0.000528 e. The van der Waals surface area contributed by atoms with Crippen LogP contribution in [-0.4, -0.2) is 13.1 Å². The van der Waals surface area contributed by atoms with Crippen molar-refractivity contribution in [2.75, 3.05) is 13.1 Å². The van der Waals surface area contributed by atoms with Gasteiger partial charge < -0.3 is 5.32 Å². The second-order valence-electron chi connectivity index (χ2n) is 2.05. The summed E-state index contributed by atoms with van der Waals surface area (Å²) in [5.41, 5.74) is 0. The van der Waals surface area contributed by atoms with Crippen LogP contribution in [-0.2, 0) is 0 Å². The largest absolute Gasteiger partial charge is 0.316 e. The van der Waals surface area contributed by atoms with Crippen molar-refractivity contribution in [1.29, 1.82) is 0 Å². The van der Waals surface area contributed by atoms with Gasteiger partial charge in [-0.3, -0.25) is 0 Å². The molecule has 0 spiro atoms. The minimum Gasteiger partial charge on any atom is -0.316 e. The third-order valence-corrected chi connectivity index (χ3v) is 1.37. The van der Waals surface area contributed by atoms with Gasteiger partial charge in [0.15, 0.2) is 0 Å². The Labute approximate surface area is 44.4 Å². The van der Waals surface area contributed by atoms with Gasteiger partial charge in [-0.15, -0.1) is 6.58 Å². The first-order valence-electron chi connectivity index (χ1n) is 2.75. The van der Waals surface area contributed by atoms with Crippen LogP contribution in [0, 0.1) is 5.92 Å². The fourth-order valence-electron chi connectivity index (χ4n) is 0.751. The first-order valence-corrected chi connectivity index (χ1v) is 2.75. The van der Waals surface area contributed by atoms with E-state index in [4.69, 9.17) is 0 Å². The van der Waals surface area contributed by atoms with Gasteiger partial charge in [0.25, 0.3) is 0 Å². The van der Waals surface area contributed by atoms with Crippen LogP contribution in [0.3, 0.4) is 0 Å². The first kappa shape index (κ1) is 4.85. The van der Waals surface area contributed by atoms with Crippen molar-refractivity contribution in [2.24, 2.45) is 5.92 Å². The summed E-state index contributed by atoms with van der Waals surface area (Å²) in [6.07, 6.45) is 3.18. The maximum absolute atomic E-state index is 3.65. The molecule has 0 saturated carbocycles. The van der Waals surface area contributed by atoms with Gasteiger partial charge in [0, 0.05) is 0 Å². The molecule has 1 heteroatoms. The highest BCUT2D eigenvalue weighted by Gasteiger charge is 2.13. The molecule has 1 aliphatic heterocycles. The maximum atomic E-state index is 3.65. The fraction of sp³-hybridized carbons (Fsp3) is 0.667. The van der Waals surface area contributed by atoms with Gasteiger partial charge in [0.05, 0.1) is 0 Å². The van der Waals surface area contributed by atoms with Crippen molar-refractivity contribution >= 4 is 0 Å². The van der Waals surface area contributed by atoms with Gasteiger partial charge in [0.2, 0.25) is 0 Å². The van der Waals surface area contributed by atoms with E-state index in [2.05, 4.69) is 11.9 Å². The molecule has 7 heavy (non-hydrogen) atoms. The molecule has 0 amide bonds. The molecule has 0 aliphatic carbocycles. The van der Waals surface area contributed by atoms with Crippen LogP contribution < -0.4 is 5.32 Å². The summed E-state index contributed by atoms with van der Waals surface area (Å²) in [4.78, 5) is 0. The molecule has 1 atom stereocenters. The summed E-state index contributed by atoms with van der Waals surface area (Å²) < 4.78 is 0. The van der Waals surface area contributed by atoms with Crippen LogP contribution in [0.1, 0.15) is 6.42 Å². The number of hydrogen-bond donors (Lipinski definition) is 1. The summed E-state index contributed by atoms with van der Waals surface area (Å²) in [6, 6.07) is 0. The average molecular weight is 98.2 g/mol. The van der Waals surface area contributed by atoms with Crippen LogP contribution >= 0.6 is 0 Å². The zero-order valence-corrected chi connectivity index (χ0v) is 4.48. The van der Waals surface area contributed by atoms with Gasteiger partial charge in [-0.25, -0.2) is 0 Å². The molecular weight excluding hydrogens is 87.1 g/mol. The lowest BCUT2D eigenvalue weighted by atomic mass is 10.1. The highest BCUT2D eigenvalue weighted by Crippen LogP contribution is 2.06. The van der Waals surface area contributed by atoms with Crippen LogP contribution in [0.15, 0.2) is 12.7 Å². The Morgan fingerprint density at radius 3 is 2.57 bits per heavy atom. The van der Waals surface area contributed by atoms with Gasteiger partial charge in [-0.2, -0.15) is 0 Å². The first-order chi connectivity index (χ1) is 3.43. The van der Waals surface area contributed by atoms with Crippen molar-refractivity contribution in [2.45, 2.75) is 6.42 Å². The second kappa shape index (κ2) is 2.12. The Balaban J connectivity index is 2.03. The molecule has 1 rings (SSSR count). The van der Waals surface area contributed by atoms with Crippen LogP contribution in [0.5, 0.6) is 0 Å². The Bertz CT molecular complexity index is 64.6. The molecule has 1 N–H and O–H groups in total. The van der Waals surface area contributed by atoms with Crippen LogP contribution in [0.2, 0.25) is 0 Å². The molecule has 0 aromatic rings. The molecule has 1 unspecified atom stereocenters. The summed E-state index contributed by atoms with van der Waals surface area (Å²) >= 11 is 0. The van der Waals surface area contributed by atoms with Crippen molar-refractivity contribution in [3.8, 4) is 0 Å². The molecule has 0 bridgehead atoms. The van der Waals surface area contributed by atoms with Gasteiger partial charge in [-0.1, -0.05) is 6.08 Å². The second-order valence-corrected chi connectivity index (χ2v) is 2.05.